The minimum Gasteiger partial charge on any atom is -0.481 e. The SMILES string of the molecule is O=C(O)CCCc1cc(=O)[nH][nH]1. The Morgan fingerprint density at radius 3 is 2.75 bits per heavy atom. The van der Waals surface area contributed by atoms with Gasteiger partial charge in [-0.15, -0.1) is 0 Å². The maximum atomic E-state index is 10.6. The number of carboxylic acids is 1. The molecule has 1 heterocycles. The molecule has 0 saturated carbocycles. The van der Waals surface area contributed by atoms with E-state index in [1.54, 1.807) is 0 Å². The van der Waals surface area contributed by atoms with Crippen LogP contribution in [0.5, 0.6) is 0 Å². The fraction of sp³-hybridized carbons (Fsp3) is 0.429. The number of hydrogen-bond acceptors (Lipinski definition) is 2. The van der Waals surface area contributed by atoms with Crippen molar-refractivity contribution in [3.8, 4) is 0 Å². The summed E-state index contributed by atoms with van der Waals surface area (Å²) in [6.45, 7) is 0. The van der Waals surface area contributed by atoms with Gasteiger partial charge in [0.15, 0.2) is 0 Å². The molecule has 66 valence electrons. The Morgan fingerprint density at radius 2 is 2.25 bits per heavy atom. The van der Waals surface area contributed by atoms with E-state index in [0.717, 1.165) is 5.69 Å². The summed E-state index contributed by atoms with van der Waals surface area (Å²) in [4.78, 5) is 20.7. The van der Waals surface area contributed by atoms with E-state index in [0.29, 0.717) is 12.8 Å². The normalized spacial score (nSPS) is 10.0. The molecule has 5 nitrogen and oxygen atoms in total. The van der Waals surface area contributed by atoms with Crippen molar-refractivity contribution in [1.82, 2.24) is 10.2 Å². The molecule has 0 radical (unpaired) electrons. The quantitative estimate of drug-likeness (QED) is 0.599. The Bertz CT molecular complexity index is 312. The number of nitrogens with one attached hydrogen (secondary N) is 2. The molecule has 12 heavy (non-hydrogen) atoms. The number of carboxylic acid groups (broad SMARTS) is 1. The summed E-state index contributed by atoms with van der Waals surface area (Å²) in [5, 5.41) is 13.3. The molecule has 0 unspecified atom stereocenters. The molecule has 0 saturated heterocycles. The van der Waals surface area contributed by atoms with Gasteiger partial charge in [-0.1, -0.05) is 0 Å². The summed E-state index contributed by atoms with van der Waals surface area (Å²) in [5.74, 6) is -0.812. The molecule has 3 N–H and O–H groups in total. The van der Waals surface area contributed by atoms with E-state index in [-0.39, 0.29) is 12.0 Å². The molecule has 1 aromatic rings. The lowest BCUT2D eigenvalue weighted by Crippen LogP contribution is -1.96. The largest absolute Gasteiger partial charge is 0.481 e. The average molecular weight is 170 g/mol. The predicted molar refractivity (Wildman–Crippen MR) is 42.0 cm³/mol. The van der Waals surface area contributed by atoms with Crippen LogP contribution in [0.15, 0.2) is 10.9 Å². The molecule has 1 rings (SSSR count). The number of carbonyl (C=O) groups is 1. The maximum Gasteiger partial charge on any atom is 0.303 e. The second-order valence-electron chi connectivity index (χ2n) is 2.53. The highest BCUT2D eigenvalue weighted by Gasteiger charge is 1.99. The molecule has 0 bridgehead atoms. The van der Waals surface area contributed by atoms with Crippen molar-refractivity contribution < 1.29 is 9.90 Å². The molecule has 0 aliphatic heterocycles. The topological polar surface area (TPSA) is 85.9 Å². The van der Waals surface area contributed by atoms with Crippen LogP contribution in [0.3, 0.4) is 0 Å². The van der Waals surface area contributed by atoms with Gasteiger partial charge >= 0.3 is 5.97 Å². The second kappa shape index (κ2) is 3.75. The Hall–Kier alpha value is -1.52. The second-order valence-corrected chi connectivity index (χ2v) is 2.53. The summed E-state index contributed by atoms with van der Waals surface area (Å²) in [5.41, 5.74) is 0.571. The zero-order valence-corrected chi connectivity index (χ0v) is 6.46. The smallest absolute Gasteiger partial charge is 0.303 e. The Morgan fingerprint density at radius 1 is 1.50 bits per heavy atom. The summed E-state index contributed by atoms with van der Waals surface area (Å²) < 4.78 is 0. The average Bonchev–Trinajstić information content (AvgIpc) is 2.35. The number of rotatable bonds is 4. The van der Waals surface area contributed by atoms with Crippen molar-refractivity contribution in [3.63, 3.8) is 0 Å². The van der Waals surface area contributed by atoms with E-state index in [1.807, 2.05) is 0 Å². The number of aromatic nitrogens is 2. The molecule has 0 fully saturated rings. The van der Waals surface area contributed by atoms with Gasteiger partial charge in [0.2, 0.25) is 0 Å². The van der Waals surface area contributed by atoms with E-state index in [1.165, 1.54) is 6.07 Å². The van der Waals surface area contributed by atoms with Gasteiger partial charge in [-0.3, -0.25) is 14.7 Å². The van der Waals surface area contributed by atoms with Gasteiger partial charge in [-0.05, 0) is 12.8 Å². The standard InChI is InChI=1S/C7H10N2O3/c10-6-4-5(8-9-6)2-1-3-7(11)12/h4H,1-3H2,(H,11,12)(H2,8,9,10). The minimum absolute atomic E-state index is 0.132. The lowest BCUT2D eigenvalue weighted by Gasteiger charge is -1.92. The fourth-order valence-electron chi connectivity index (χ4n) is 0.937. The molecule has 5 heteroatoms. The summed E-state index contributed by atoms with van der Waals surface area (Å²) in [6.07, 6.45) is 1.27. The van der Waals surface area contributed by atoms with E-state index >= 15 is 0 Å². The van der Waals surface area contributed by atoms with Crippen molar-refractivity contribution in [1.29, 1.82) is 0 Å². The molecule has 0 aromatic carbocycles. The van der Waals surface area contributed by atoms with Crippen LogP contribution in [0.25, 0.3) is 0 Å². The lowest BCUT2D eigenvalue weighted by atomic mass is 10.2. The van der Waals surface area contributed by atoms with Crippen molar-refractivity contribution in [2.24, 2.45) is 0 Å². The molecule has 0 amide bonds. The van der Waals surface area contributed by atoms with Gasteiger partial charge in [-0.25, -0.2) is 0 Å². The van der Waals surface area contributed by atoms with Crippen molar-refractivity contribution in [2.45, 2.75) is 19.3 Å². The van der Waals surface area contributed by atoms with Crippen LogP contribution in [0, 0.1) is 0 Å². The molecule has 0 spiro atoms. The first-order valence-electron chi connectivity index (χ1n) is 3.67. The number of hydrogen-bond donors (Lipinski definition) is 3. The minimum atomic E-state index is -0.812. The zero-order valence-electron chi connectivity index (χ0n) is 6.46. The van der Waals surface area contributed by atoms with Gasteiger partial charge in [0.25, 0.3) is 5.56 Å². The van der Waals surface area contributed by atoms with Crippen LogP contribution >= 0.6 is 0 Å². The Labute approximate surface area is 68.4 Å². The fourth-order valence-corrected chi connectivity index (χ4v) is 0.937. The molecular formula is C7H10N2O3. The van der Waals surface area contributed by atoms with Gasteiger partial charge in [-0.2, -0.15) is 0 Å². The predicted octanol–water partition coefficient (Wildman–Crippen LogP) is 0.110. The first-order valence-corrected chi connectivity index (χ1v) is 3.67. The molecule has 1 aromatic heterocycles. The van der Waals surface area contributed by atoms with E-state index in [2.05, 4.69) is 10.2 Å². The highest BCUT2D eigenvalue weighted by molar-refractivity contribution is 5.66. The summed E-state index contributed by atoms with van der Waals surface area (Å²) in [6, 6.07) is 1.43. The van der Waals surface area contributed by atoms with Crippen LogP contribution in [0.4, 0.5) is 0 Å². The first kappa shape index (κ1) is 8.58. The van der Waals surface area contributed by atoms with Crippen molar-refractivity contribution in [3.05, 3.63) is 22.1 Å². The third kappa shape index (κ3) is 2.61. The highest BCUT2D eigenvalue weighted by Crippen LogP contribution is 1.97. The zero-order chi connectivity index (χ0) is 8.97. The van der Waals surface area contributed by atoms with Gasteiger partial charge in [0.05, 0.1) is 0 Å². The number of H-pyrrole nitrogens is 2. The van der Waals surface area contributed by atoms with E-state index in [9.17, 15) is 9.59 Å². The van der Waals surface area contributed by atoms with Crippen LogP contribution in [-0.2, 0) is 11.2 Å². The van der Waals surface area contributed by atoms with Gasteiger partial charge in [0, 0.05) is 18.2 Å². The van der Waals surface area contributed by atoms with E-state index < -0.39 is 5.97 Å². The Kier molecular flexibility index (Phi) is 2.68. The first-order chi connectivity index (χ1) is 5.68. The van der Waals surface area contributed by atoms with Crippen LogP contribution in [-0.4, -0.2) is 21.3 Å². The monoisotopic (exact) mass is 170 g/mol. The van der Waals surface area contributed by atoms with Crippen molar-refractivity contribution >= 4 is 5.97 Å². The maximum absolute atomic E-state index is 10.6. The van der Waals surface area contributed by atoms with Crippen LogP contribution in [0.1, 0.15) is 18.5 Å². The number of aliphatic carboxylic acids is 1. The molecular weight excluding hydrogens is 160 g/mol. The summed E-state index contributed by atoms with van der Waals surface area (Å²) >= 11 is 0. The third-order valence-electron chi connectivity index (χ3n) is 1.49. The molecule has 0 aliphatic rings. The molecule has 0 aliphatic carbocycles. The van der Waals surface area contributed by atoms with Crippen molar-refractivity contribution in [2.75, 3.05) is 0 Å². The van der Waals surface area contributed by atoms with Crippen LogP contribution in [0.2, 0.25) is 0 Å². The third-order valence-corrected chi connectivity index (χ3v) is 1.49. The van der Waals surface area contributed by atoms with Crippen LogP contribution < -0.4 is 5.56 Å². The highest BCUT2D eigenvalue weighted by atomic mass is 16.4. The van der Waals surface area contributed by atoms with Gasteiger partial charge < -0.3 is 10.2 Å². The van der Waals surface area contributed by atoms with Gasteiger partial charge in [0.1, 0.15) is 0 Å². The summed E-state index contributed by atoms with van der Waals surface area (Å²) in [7, 11) is 0. The van der Waals surface area contributed by atoms with E-state index in [4.69, 9.17) is 5.11 Å². The molecule has 0 atom stereocenters. The Balaban J connectivity index is 2.33. The number of aryl methyl sites for hydroxylation is 1. The lowest BCUT2D eigenvalue weighted by molar-refractivity contribution is -0.137. The number of aromatic amines is 2.